The van der Waals surface area contributed by atoms with Crippen LogP contribution in [0.1, 0.15) is 63.0 Å². The SMILES string of the molecule is CCCCCCCCc1ccc(CCC(CO)CO)c(N)c1. The molecule has 0 fully saturated rings. The Hall–Kier alpha value is -1.06. The second-order valence-electron chi connectivity index (χ2n) is 6.32. The van der Waals surface area contributed by atoms with Gasteiger partial charge in [0.25, 0.3) is 0 Å². The third-order valence-electron chi connectivity index (χ3n) is 4.37. The zero-order valence-corrected chi connectivity index (χ0v) is 14.1. The number of aliphatic hydroxyl groups is 2. The van der Waals surface area contributed by atoms with Crippen molar-refractivity contribution in [1.29, 1.82) is 0 Å². The minimum absolute atomic E-state index is 0.0342. The molecule has 0 saturated carbocycles. The molecule has 1 aromatic rings. The van der Waals surface area contributed by atoms with Gasteiger partial charge < -0.3 is 15.9 Å². The lowest BCUT2D eigenvalue weighted by Crippen LogP contribution is -2.12. The molecule has 0 aliphatic carbocycles. The van der Waals surface area contributed by atoms with Gasteiger partial charge in [-0.3, -0.25) is 0 Å². The molecule has 0 spiro atoms. The number of aliphatic hydroxyl groups excluding tert-OH is 2. The summed E-state index contributed by atoms with van der Waals surface area (Å²) < 4.78 is 0. The number of aryl methyl sites for hydroxylation is 2. The lowest BCUT2D eigenvalue weighted by molar-refractivity contribution is 0.144. The average molecular weight is 307 g/mol. The Morgan fingerprint density at radius 2 is 1.64 bits per heavy atom. The number of rotatable bonds is 12. The van der Waals surface area contributed by atoms with Gasteiger partial charge in [-0.2, -0.15) is 0 Å². The molecule has 0 aliphatic rings. The standard InChI is InChI=1S/C19H33NO2/c1-2-3-4-5-6-7-8-16-9-11-18(19(20)13-16)12-10-17(14-21)15-22/h9,11,13,17,21-22H,2-8,10,12,14-15,20H2,1H3. The van der Waals surface area contributed by atoms with Crippen molar-refractivity contribution in [2.45, 2.75) is 64.7 Å². The molecular weight excluding hydrogens is 274 g/mol. The maximum Gasteiger partial charge on any atom is 0.0481 e. The van der Waals surface area contributed by atoms with Crippen molar-refractivity contribution in [1.82, 2.24) is 0 Å². The summed E-state index contributed by atoms with van der Waals surface area (Å²) in [6.45, 7) is 2.31. The van der Waals surface area contributed by atoms with Gasteiger partial charge in [-0.1, -0.05) is 51.2 Å². The second kappa shape index (κ2) is 11.5. The number of nitrogens with two attached hydrogens (primary N) is 1. The fourth-order valence-corrected chi connectivity index (χ4v) is 2.74. The fraction of sp³-hybridized carbons (Fsp3) is 0.684. The molecule has 0 bridgehead atoms. The average Bonchev–Trinajstić information content (AvgIpc) is 2.53. The van der Waals surface area contributed by atoms with Crippen LogP contribution in [0.25, 0.3) is 0 Å². The lowest BCUT2D eigenvalue weighted by Gasteiger charge is -2.12. The summed E-state index contributed by atoms with van der Waals surface area (Å²) in [5, 5.41) is 18.2. The van der Waals surface area contributed by atoms with Crippen LogP contribution in [0.3, 0.4) is 0 Å². The monoisotopic (exact) mass is 307 g/mol. The largest absolute Gasteiger partial charge is 0.398 e. The lowest BCUT2D eigenvalue weighted by atomic mass is 9.97. The topological polar surface area (TPSA) is 66.5 Å². The summed E-state index contributed by atoms with van der Waals surface area (Å²) in [7, 11) is 0. The number of anilines is 1. The second-order valence-corrected chi connectivity index (χ2v) is 6.32. The van der Waals surface area contributed by atoms with E-state index in [9.17, 15) is 0 Å². The van der Waals surface area contributed by atoms with Gasteiger partial charge in [-0.15, -0.1) is 0 Å². The number of benzene rings is 1. The predicted molar refractivity (Wildman–Crippen MR) is 93.9 cm³/mol. The van der Waals surface area contributed by atoms with E-state index in [1.165, 1.54) is 44.1 Å². The maximum absolute atomic E-state index is 9.10. The van der Waals surface area contributed by atoms with E-state index in [2.05, 4.69) is 25.1 Å². The van der Waals surface area contributed by atoms with Crippen molar-refractivity contribution in [3.63, 3.8) is 0 Å². The molecule has 0 aliphatic heterocycles. The molecule has 126 valence electrons. The Morgan fingerprint density at radius 1 is 0.955 bits per heavy atom. The zero-order chi connectivity index (χ0) is 16.2. The predicted octanol–water partition coefficient (Wildman–Crippen LogP) is 3.71. The van der Waals surface area contributed by atoms with Crippen LogP contribution in [-0.2, 0) is 12.8 Å². The van der Waals surface area contributed by atoms with Gasteiger partial charge in [0.1, 0.15) is 0 Å². The van der Waals surface area contributed by atoms with Crippen LogP contribution in [0.5, 0.6) is 0 Å². The molecule has 0 radical (unpaired) electrons. The molecule has 1 rings (SSSR count). The van der Waals surface area contributed by atoms with E-state index in [0.29, 0.717) is 0 Å². The highest BCUT2D eigenvalue weighted by molar-refractivity contribution is 5.49. The Bertz CT molecular complexity index is 402. The first-order chi connectivity index (χ1) is 10.7. The van der Waals surface area contributed by atoms with Crippen LogP contribution < -0.4 is 5.73 Å². The minimum Gasteiger partial charge on any atom is -0.398 e. The number of nitrogen functional groups attached to an aromatic ring is 1. The van der Waals surface area contributed by atoms with Gasteiger partial charge >= 0.3 is 0 Å². The van der Waals surface area contributed by atoms with E-state index in [-0.39, 0.29) is 19.1 Å². The van der Waals surface area contributed by atoms with E-state index >= 15 is 0 Å². The third-order valence-corrected chi connectivity index (χ3v) is 4.37. The van der Waals surface area contributed by atoms with E-state index in [1.54, 1.807) is 0 Å². The van der Waals surface area contributed by atoms with Crippen LogP contribution in [-0.4, -0.2) is 23.4 Å². The van der Waals surface area contributed by atoms with Crippen molar-refractivity contribution >= 4 is 5.69 Å². The molecule has 3 nitrogen and oxygen atoms in total. The fourth-order valence-electron chi connectivity index (χ4n) is 2.74. The molecule has 0 unspecified atom stereocenters. The number of hydrogen-bond donors (Lipinski definition) is 3. The molecule has 0 saturated heterocycles. The van der Waals surface area contributed by atoms with E-state index in [4.69, 9.17) is 15.9 Å². The first kappa shape index (κ1) is 19.0. The summed E-state index contributed by atoms with van der Waals surface area (Å²) in [4.78, 5) is 0. The smallest absolute Gasteiger partial charge is 0.0481 e. The van der Waals surface area contributed by atoms with Crippen molar-refractivity contribution in [2.24, 2.45) is 5.92 Å². The van der Waals surface area contributed by atoms with E-state index in [1.807, 2.05) is 0 Å². The summed E-state index contributed by atoms with van der Waals surface area (Å²) in [5.74, 6) is -0.0396. The van der Waals surface area contributed by atoms with Gasteiger partial charge in [-0.25, -0.2) is 0 Å². The molecule has 0 aromatic heterocycles. The zero-order valence-electron chi connectivity index (χ0n) is 14.1. The van der Waals surface area contributed by atoms with Crippen molar-refractivity contribution in [2.75, 3.05) is 18.9 Å². The number of hydrogen-bond acceptors (Lipinski definition) is 3. The van der Waals surface area contributed by atoms with Gasteiger partial charge in [0.2, 0.25) is 0 Å². The molecule has 3 heteroatoms. The minimum atomic E-state index is -0.0396. The van der Waals surface area contributed by atoms with E-state index < -0.39 is 0 Å². The molecular formula is C19H33NO2. The highest BCUT2D eigenvalue weighted by atomic mass is 16.3. The molecule has 0 amide bonds. The highest BCUT2D eigenvalue weighted by Gasteiger charge is 2.08. The molecule has 4 N–H and O–H groups in total. The summed E-state index contributed by atoms with van der Waals surface area (Å²) in [5.41, 5.74) is 9.42. The normalized spacial score (nSPS) is 11.3. The van der Waals surface area contributed by atoms with Crippen LogP contribution in [0.15, 0.2) is 18.2 Å². The van der Waals surface area contributed by atoms with Crippen molar-refractivity contribution in [3.8, 4) is 0 Å². The van der Waals surface area contributed by atoms with Crippen LogP contribution in [0, 0.1) is 5.92 Å². The first-order valence-electron chi connectivity index (χ1n) is 8.80. The van der Waals surface area contributed by atoms with Gasteiger partial charge in [-0.05, 0) is 42.9 Å². The summed E-state index contributed by atoms with van der Waals surface area (Å²) >= 11 is 0. The molecule has 0 heterocycles. The Balaban J connectivity index is 2.35. The number of unbranched alkanes of at least 4 members (excludes halogenated alkanes) is 5. The molecule has 22 heavy (non-hydrogen) atoms. The first-order valence-corrected chi connectivity index (χ1v) is 8.80. The van der Waals surface area contributed by atoms with Gasteiger partial charge in [0.05, 0.1) is 0 Å². The Kier molecular flexibility index (Phi) is 9.93. The van der Waals surface area contributed by atoms with Crippen molar-refractivity contribution in [3.05, 3.63) is 29.3 Å². The van der Waals surface area contributed by atoms with Crippen LogP contribution in [0.2, 0.25) is 0 Å². The van der Waals surface area contributed by atoms with Gasteiger partial charge in [0, 0.05) is 24.8 Å². The molecule has 0 atom stereocenters. The quantitative estimate of drug-likeness (QED) is 0.407. The van der Waals surface area contributed by atoms with Crippen LogP contribution >= 0.6 is 0 Å². The third kappa shape index (κ3) is 7.28. The maximum atomic E-state index is 9.10. The van der Waals surface area contributed by atoms with E-state index in [0.717, 1.165) is 30.5 Å². The Labute approximate surface area is 135 Å². The highest BCUT2D eigenvalue weighted by Crippen LogP contribution is 2.20. The summed E-state index contributed by atoms with van der Waals surface area (Å²) in [6.07, 6.45) is 10.6. The van der Waals surface area contributed by atoms with Crippen LogP contribution in [0.4, 0.5) is 5.69 Å². The van der Waals surface area contributed by atoms with Crippen molar-refractivity contribution < 1.29 is 10.2 Å². The van der Waals surface area contributed by atoms with Gasteiger partial charge in [0.15, 0.2) is 0 Å². The molecule has 1 aromatic carbocycles. The Morgan fingerprint density at radius 3 is 2.27 bits per heavy atom. The summed E-state index contributed by atoms with van der Waals surface area (Å²) in [6, 6.07) is 6.37.